The third kappa shape index (κ3) is 5.57. The van der Waals surface area contributed by atoms with Crippen LogP contribution in [0.5, 0.6) is 11.5 Å². The second-order valence-electron chi connectivity index (χ2n) is 8.14. The van der Waals surface area contributed by atoms with Crippen molar-refractivity contribution in [3.05, 3.63) is 112 Å². The molecule has 1 aliphatic rings. The van der Waals surface area contributed by atoms with Gasteiger partial charge in [0, 0.05) is 5.56 Å². The molecule has 0 saturated heterocycles. The van der Waals surface area contributed by atoms with E-state index >= 15 is 0 Å². The first-order chi connectivity index (χ1) is 18.8. The number of carboxylic acid groups (broad SMARTS) is 2. The van der Waals surface area contributed by atoms with Crippen LogP contribution >= 0.6 is 92.8 Å². The maximum atomic E-state index is 11.7. The van der Waals surface area contributed by atoms with Crippen LogP contribution in [0.4, 0.5) is 0 Å². The molecule has 6 nitrogen and oxygen atoms in total. The van der Waals surface area contributed by atoms with Crippen molar-refractivity contribution in [2.75, 3.05) is 0 Å². The highest BCUT2D eigenvalue weighted by Gasteiger charge is 2.56. The molecule has 2 N–H and O–H groups in total. The van der Waals surface area contributed by atoms with E-state index in [2.05, 4.69) is 0 Å². The highest BCUT2D eigenvalue weighted by atomic mass is 35.5. The molecule has 0 heterocycles. The summed E-state index contributed by atoms with van der Waals surface area (Å²) in [5.74, 6) is -2.47. The van der Waals surface area contributed by atoms with Crippen LogP contribution in [0.25, 0.3) is 0 Å². The van der Waals surface area contributed by atoms with Crippen LogP contribution in [0.2, 0.25) is 20.1 Å². The predicted octanol–water partition coefficient (Wildman–Crippen LogP) is 9.81. The largest absolute Gasteiger partial charge is 0.480 e. The van der Waals surface area contributed by atoms with Crippen LogP contribution in [0.1, 0.15) is 26.3 Å². The maximum Gasteiger partial charge on any atom is 0.335 e. The minimum atomic E-state index is -2.13. The van der Waals surface area contributed by atoms with E-state index in [1.807, 2.05) is 0 Å². The van der Waals surface area contributed by atoms with E-state index in [0.29, 0.717) is 0 Å². The highest BCUT2D eigenvalue weighted by Crippen LogP contribution is 2.56. The molecular weight excluding hydrogens is 692 g/mol. The van der Waals surface area contributed by atoms with Gasteiger partial charge < -0.3 is 19.7 Å². The van der Waals surface area contributed by atoms with E-state index in [0.717, 1.165) is 0 Å². The second-order valence-corrected chi connectivity index (χ2v) is 11.2. The molecule has 0 saturated carbocycles. The van der Waals surface area contributed by atoms with Crippen molar-refractivity contribution < 1.29 is 29.3 Å². The quantitative estimate of drug-likeness (QED) is 0.188. The summed E-state index contributed by atoms with van der Waals surface area (Å²) in [6.45, 7) is 0. The summed E-state index contributed by atoms with van der Waals surface area (Å²) < 4.78 is 12.6. The zero-order valence-electron chi connectivity index (χ0n) is 19.3. The average Bonchev–Trinajstić information content (AvgIpc) is 2.93. The van der Waals surface area contributed by atoms with Crippen molar-refractivity contribution in [1.29, 1.82) is 0 Å². The number of benzene rings is 3. The minimum absolute atomic E-state index is 0.0181. The fourth-order valence-corrected chi connectivity index (χ4v) is 5.98. The molecule has 0 bridgehead atoms. The van der Waals surface area contributed by atoms with Gasteiger partial charge in [-0.15, -0.1) is 0 Å². The summed E-state index contributed by atoms with van der Waals surface area (Å²) in [4.78, 5) is 23.3. The Hall–Kier alpha value is -2.00. The van der Waals surface area contributed by atoms with E-state index in [1.54, 1.807) is 0 Å². The number of ether oxygens (including phenoxy) is 2. The topological polar surface area (TPSA) is 93.1 Å². The fourth-order valence-electron chi connectivity index (χ4n) is 3.88. The molecule has 3 aromatic carbocycles. The van der Waals surface area contributed by atoms with Gasteiger partial charge in [-0.2, -0.15) is 0 Å². The number of allylic oxidation sites excluding steroid dienone is 2. The summed E-state index contributed by atoms with van der Waals surface area (Å²) in [5, 5.41) is 17.6. The standard InChI is InChI=1S/C26H12Cl8O6/c27-15-9-14(16(28)18(30)17(15)29)26(40-13-6-2-4-11(8-13)25(37)38)22(34)20(32)19(31)21(33)23(26)39-12-5-1-3-10(7-12)24(35)36/h1-9,23H,(H,35,36)(H,37,38). The molecule has 1 aliphatic carbocycles. The van der Waals surface area contributed by atoms with E-state index < -0.39 is 23.6 Å². The molecule has 208 valence electrons. The zero-order valence-corrected chi connectivity index (χ0v) is 25.4. The second kappa shape index (κ2) is 12.1. The Balaban J connectivity index is 2.07. The van der Waals surface area contributed by atoms with Gasteiger partial charge in [0.15, 0.2) is 6.10 Å². The summed E-state index contributed by atoms with van der Waals surface area (Å²) in [6.07, 6.45) is -1.51. The molecule has 14 heteroatoms. The van der Waals surface area contributed by atoms with E-state index in [1.165, 1.54) is 54.6 Å². The van der Waals surface area contributed by atoms with Crippen LogP contribution in [-0.2, 0) is 5.60 Å². The van der Waals surface area contributed by atoms with Gasteiger partial charge >= 0.3 is 11.9 Å². The van der Waals surface area contributed by atoms with Gasteiger partial charge in [0.05, 0.1) is 51.3 Å². The van der Waals surface area contributed by atoms with Crippen molar-refractivity contribution in [2.45, 2.75) is 11.7 Å². The van der Waals surface area contributed by atoms with Gasteiger partial charge in [-0.25, -0.2) is 9.59 Å². The third-order valence-corrected chi connectivity index (χ3v) is 9.39. The van der Waals surface area contributed by atoms with Gasteiger partial charge in [-0.05, 0) is 42.5 Å². The van der Waals surface area contributed by atoms with Gasteiger partial charge in [0.2, 0.25) is 5.60 Å². The van der Waals surface area contributed by atoms with Crippen LogP contribution in [0.3, 0.4) is 0 Å². The molecule has 40 heavy (non-hydrogen) atoms. The fraction of sp³-hybridized carbons (Fsp3) is 0.0769. The molecule has 0 amide bonds. The monoisotopic (exact) mass is 700 g/mol. The molecule has 0 aliphatic heterocycles. The third-order valence-electron chi connectivity index (χ3n) is 5.72. The highest BCUT2D eigenvalue weighted by molar-refractivity contribution is 6.53. The number of hydrogen-bond donors (Lipinski definition) is 2. The maximum absolute atomic E-state index is 11.7. The molecule has 2 unspecified atom stereocenters. The number of carboxylic acids is 2. The van der Waals surface area contributed by atoms with Gasteiger partial charge in [0.25, 0.3) is 0 Å². The van der Waals surface area contributed by atoms with E-state index in [9.17, 15) is 19.8 Å². The normalized spacial score (nSPS) is 19.1. The lowest BCUT2D eigenvalue weighted by Crippen LogP contribution is -2.51. The summed E-state index contributed by atoms with van der Waals surface area (Å²) in [5.41, 5.74) is -2.38. The first-order valence-electron chi connectivity index (χ1n) is 10.8. The molecule has 0 fully saturated rings. The molecule has 2 atom stereocenters. The Morgan fingerprint density at radius 2 is 1.25 bits per heavy atom. The number of rotatable bonds is 7. The lowest BCUT2D eigenvalue weighted by atomic mass is 9.83. The SMILES string of the molecule is O=C(O)c1cccc(OC2C(Cl)=C(Cl)C(Cl)=C(Cl)C2(Oc2cccc(C(=O)O)c2)c2cc(Cl)c(Cl)c(Cl)c2Cl)c1. The summed E-state index contributed by atoms with van der Waals surface area (Å²) in [6, 6.07) is 12.2. The molecule has 3 aromatic rings. The Labute approximate surface area is 267 Å². The Morgan fingerprint density at radius 3 is 1.82 bits per heavy atom. The Kier molecular flexibility index (Phi) is 9.35. The number of aromatic carboxylic acids is 2. The van der Waals surface area contributed by atoms with Gasteiger partial charge in [-0.3, -0.25) is 0 Å². The van der Waals surface area contributed by atoms with Crippen molar-refractivity contribution in [1.82, 2.24) is 0 Å². The van der Waals surface area contributed by atoms with Gasteiger partial charge in [0.1, 0.15) is 11.5 Å². The smallest absolute Gasteiger partial charge is 0.335 e. The van der Waals surface area contributed by atoms with Gasteiger partial charge in [-0.1, -0.05) is 105 Å². The minimum Gasteiger partial charge on any atom is -0.480 e. The lowest BCUT2D eigenvalue weighted by Gasteiger charge is -2.43. The molecule has 0 aromatic heterocycles. The average molecular weight is 704 g/mol. The van der Waals surface area contributed by atoms with Crippen molar-refractivity contribution >= 4 is 105 Å². The Bertz CT molecular complexity index is 1620. The Morgan fingerprint density at radius 1 is 0.700 bits per heavy atom. The lowest BCUT2D eigenvalue weighted by molar-refractivity contribution is 0.00874. The first-order valence-corrected chi connectivity index (χ1v) is 13.8. The summed E-state index contributed by atoms with van der Waals surface area (Å²) >= 11 is 52.2. The van der Waals surface area contributed by atoms with Crippen molar-refractivity contribution in [2.24, 2.45) is 0 Å². The van der Waals surface area contributed by atoms with Crippen LogP contribution in [0, 0.1) is 0 Å². The van der Waals surface area contributed by atoms with Crippen LogP contribution in [-0.4, -0.2) is 28.3 Å². The van der Waals surface area contributed by atoms with Crippen molar-refractivity contribution in [3.63, 3.8) is 0 Å². The number of carbonyl (C=O) groups is 2. The van der Waals surface area contributed by atoms with E-state index in [-0.39, 0.29) is 68.4 Å². The van der Waals surface area contributed by atoms with Crippen LogP contribution < -0.4 is 9.47 Å². The molecule has 4 rings (SSSR count). The van der Waals surface area contributed by atoms with Crippen molar-refractivity contribution in [3.8, 4) is 11.5 Å². The molecule has 0 radical (unpaired) electrons. The number of hydrogen-bond acceptors (Lipinski definition) is 4. The van der Waals surface area contributed by atoms with Crippen LogP contribution in [0.15, 0.2) is 74.7 Å². The first kappa shape index (κ1) is 30.9. The number of halogens is 8. The predicted molar refractivity (Wildman–Crippen MR) is 157 cm³/mol. The van der Waals surface area contributed by atoms with E-state index in [4.69, 9.17) is 102 Å². The zero-order chi connectivity index (χ0) is 29.5. The molecular formula is C26H12Cl8O6. The molecule has 0 spiro atoms. The summed E-state index contributed by atoms with van der Waals surface area (Å²) in [7, 11) is 0.